The van der Waals surface area contributed by atoms with Gasteiger partial charge in [0.15, 0.2) is 0 Å². The first kappa shape index (κ1) is 19.5. The van der Waals surface area contributed by atoms with E-state index in [9.17, 15) is 9.59 Å². The highest BCUT2D eigenvalue weighted by atomic mass is 32.2. The van der Waals surface area contributed by atoms with Crippen molar-refractivity contribution in [3.63, 3.8) is 0 Å². The average molecular weight is 378 g/mol. The summed E-state index contributed by atoms with van der Waals surface area (Å²) in [7, 11) is 0. The second-order valence-corrected chi connectivity index (χ2v) is 7.50. The lowest BCUT2D eigenvalue weighted by Crippen LogP contribution is -2.30. The highest BCUT2D eigenvalue weighted by Gasteiger charge is 2.12. The van der Waals surface area contributed by atoms with Crippen molar-refractivity contribution < 1.29 is 9.59 Å². The molecular formula is C18H23N3O2S2. The number of hydrogen-bond acceptors (Lipinski definition) is 5. The fourth-order valence-electron chi connectivity index (χ4n) is 2.31. The summed E-state index contributed by atoms with van der Waals surface area (Å²) in [4.78, 5) is 30.4. The van der Waals surface area contributed by atoms with Crippen LogP contribution in [0.25, 0.3) is 0 Å². The van der Waals surface area contributed by atoms with Gasteiger partial charge in [-0.2, -0.15) is 0 Å². The van der Waals surface area contributed by atoms with Crippen molar-refractivity contribution in [3.05, 3.63) is 45.9 Å². The Morgan fingerprint density at radius 2 is 1.88 bits per heavy atom. The first-order valence-corrected chi connectivity index (χ1v) is 10.2. The second-order valence-electron chi connectivity index (χ2n) is 5.45. The summed E-state index contributed by atoms with van der Waals surface area (Å²) in [6.45, 7) is 7.26. The van der Waals surface area contributed by atoms with Crippen LogP contribution in [0.1, 0.15) is 34.9 Å². The van der Waals surface area contributed by atoms with E-state index in [-0.39, 0.29) is 11.8 Å². The Kier molecular flexibility index (Phi) is 7.46. The number of thiazole rings is 1. The number of nitrogens with one attached hydrogen (secondary N) is 1. The highest BCUT2D eigenvalue weighted by molar-refractivity contribution is 7.99. The second kappa shape index (κ2) is 9.58. The van der Waals surface area contributed by atoms with Crippen LogP contribution in [0.5, 0.6) is 0 Å². The fourth-order valence-corrected chi connectivity index (χ4v) is 3.74. The van der Waals surface area contributed by atoms with Gasteiger partial charge in [0.1, 0.15) is 0 Å². The first-order valence-electron chi connectivity index (χ1n) is 8.21. The van der Waals surface area contributed by atoms with E-state index in [1.807, 2.05) is 26.2 Å². The Morgan fingerprint density at radius 1 is 1.20 bits per heavy atom. The van der Waals surface area contributed by atoms with Gasteiger partial charge in [-0.3, -0.25) is 9.59 Å². The Morgan fingerprint density at radius 3 is 2.44 bits per heavy atom. The largest absolute Gasteiger partial charge is 0.339 e. The Bertz CT molecular complexity index is 709. The van der Waals surface area contributed by atoms with Gasteiger partial charge in [0.2, 0.25) is 5.91 Å². The quantitative estimate of drug-likeness (QED) is 0.760. The Labute approximate surface area is 156 Å². The molecule has 0 aliphatic carbocycles. The van der Waals surface area contributed by atoms with Gasteiger partial charge in [0.25, 0.3) is 5.91 Å². The van der Waals surface area contributed by atoms with Crippen molar-refractivity contribution in [3.8, 4) is 0 Å². The molecule has 1 aromatic carbocycles. The molecule has 7 heteroatoms. The maximum atomic E-state index is 12.2. The summed E-state index contributed by atoms with van der Waals surface area (Å²) < 4.78 is 0. The fraction of sp³-hybridized carbons (Fsp3) is 0.389. The van der Waals surface area contributed by atoms with E-state index in [2.05, 4.69) is 10.3 Å². The van der Waals surface area contributed by atoms with Crippen molar-refractivity contribution in [2.24, 2.45) is 0 Å². The van der Waals surface area contributed by atoms with Crippen LogP contribution in [0, 0.1) is 6.92 Å². The van der Waals surface area contributed by atoms with Crippen LogP contribution in [0.3, 0.4) is 0 Å². The molecule has 25 heavy (non-hydrogen) atoms. The van der Waals surface area contributed by atoms with Gasteiger partial charge in [-0.15, -0.1) is 23.1 Å². The molecule has 0 bridgehead atoms. The summed E-state index contributed by atoms with van der Waals surface area (Å²) in [6, 6.07) is 7.04. The summed E-state index contributed by atoms with van der Waals surface area (Å²) in [5.74, 6) is 1.06. The van der Waals surface area contributed by atoms with E-state index < -0.39 is 0 Å². The SMILES string of the molecule is CCN(CC)C(=O)c1ccc(NC(=O)CSCc2csc(C)n2)cc1. The van der Waals surface area contributed by atoms with Gasteiger partial charge in [0, 0.05) is 35.5 Å². The molecular weight excluding hydrogens is 354 g/mol. The Balaban J connectivity index is 1.81. The average Bonchev–Trinajstić information content (AvgIpc) is 3.02. The third kappa shape index (κ3) is 5.86. The van der Waals surface area contributed by atoms with Crippen LogP contribution < -0.4 is 5.32 Å². The van der Waals surface area contributed by atoms with Crippen molar-refractivity contribution >= 4 is 40.6 Å². The number of benzene rings is 1. The lowest BCUT2D eigenvalue weighted by Gasteiger charge is -2.18. The van der Waals surface area contributed by atoms with Crippen molar-refractivity contribution in [1.29, 1.82) is 0 Å². The predicted octanol–water partition coefficient (Wildman–Crippen LogP) is 3.81. The lowest BCUT2D eigenvalue weighted by atomic mass is 10.2. The molecule has 0 spiro atoms. The minimum Gasteiger partial charge on any atom is -0.339 e. The van der Waals surface area contributed by atoms with Crippen LogP contribution in [0.2, 0.25) is 0 Å². The number of carbonyl (C=O) groups excluding carboxylic acids is 2. The molecule has 0 radical (unpaired) electrons. The summed E-state index contributed by atoms with van der Waals surface area (Å²) in [6.07, 6.45) is 0. The zero-order chi connectivity index (χ0) is 18.2. The monoisotopic (exact) mass is 377 g/mol. The number of anilines is 1. The molecule has 5 nitrogen and oxygen atoms in total. The van der Waals surface area contributed by atoms with E-state index in [1.165, 1.54) is 11.8 Å². The van der Waals surface area contributed by atoms with Crippen LogP contribution in [-0.4, -0.2) is 40.5 Å². The van der Waals surface area contributed by atoms with Gasteiger partial charge in [-0.05, 0) is 45.0 Å². The third-order valence-electron chi connectivity index (χ3n) is 3.62. The van der Waals surface area contributed by atoms with E-state index in [1.54, 1.807) is 40.5 Å². The van der Waals surface area contributed by atoms with E-state index in [4.69, 9.17) is 0 Å². The molecule has 0 fully saturated rings. The van der Waals surface area contributed by atoms with Crippen LogP contribution in [0.15, 0.2) is 29.6 Å². The minimum absolute atomic E-state index is 0.0111. The lowest BCUT2D eigenvalue weighted by molar-refractivity contribution is -0.113. The topological polar surface area (TPSA) is 62.3 Å². The molecule has 2 rings (SSSR count). The number of thioether (sulfide) groups is 1. The van der Waals surface area contributed by atoms with E-state index in [0.29, 0.717) is 30.1 Å². The van der Waals surface area contributed by atoms with Crippen LogP contribution >= 0.6 is 23.1 Å². The molecule has 0 aliphatic heterocycles. The number of carbonyl (C=O) groups is 2. The molecule has 0 saturated heterocycles. The van der Waals surface area contributed by atoms with Crippen molar-refractivity contribution in [1.82, 2.24) is 9.88 Å². The van der Waals surface area contributed by atoms with E-state index in [0.717, 1.165) is 16.5 Å². The number of aryl methyl sites for hydroxylation is 1. The standard InChI is InChI=1S/C18H23N3O2S2/c1-4-21(5-2)18(23)14-6-8-15(9-7-14)20-17(22)12-24-10-16-11-25-13(3)19-16/h6-9,11H,4-5,10,12H2,1-3H3,(H,20,22). The predicted molar refractivity (Wildman–Crippen MR) is 105 cm³/mol. The molecule has 0 unspecified atom stereocenters. The smallest absolute Gasteiger partial charge is 0.253 e. The minimum atomic E-state index is -0.0558. The molecule has 2 amide bonds. The van der Waals surface area contributed by atoms with Crippen molar-refractivity contribution in [2.75, 3.05) is 24.2 Å². The van der Waals surface area contributed by atoms with Crippen LogP contribution in [-0.2, 0) is 10.5 Å². The number of amides is 2. The molecule has 1 N–H and O–H groups in total. The normalized spacial score (nSPS) is 10.5. The van der Waals surface area contributed by atoms with Gasteiger partial charge in [0.05, 0.1) is 16.5 Å². The first-order chi connectivity index (χ1) is 12.0. The highest BCUT2D eigenvalue weighted by Crippen LogP contribution is 2.16. The van der Waals surface area contributed by atoms with Gasteiger partial charge in [-0.25, -0.2) is 4.98 Å². The zero-order valence-corrected chi connectivity index (χ0v) is 16.4. The zero-order valence-electron chi connectivity index (χ0n) is 14.7. The molecule has 2 aromatic rings. The number of rotatable bonds is 8. The van der Waals surface area contributed by atoms with Crippen molar-refractivity contribution in [2.45, 2.75) is 26.5 Å². The molecule has 1 heterocycles. The molecule has 0 saturated carbocycles. The maximum Gasteiger partial charge on any atom is 0.253 e. The Hall–Kier alpha value is -1.86. The molecule has 0 aliphatic rings. The summed E-state index contributed by atoms with van der Waals surface area (Å²) in [5.41, 5.74) is 2.35. The van der Waals surface area contributed by atoms with Gasteiger partial charge in [-0.1, -0.05) is 0 Å². The van der Waals surface area contributed by atoms with E-state index >= 15 is 0 Å². The number of hydrogen-bond donors (Lipinski definition) is 1. The molecule has 134 valence electrons. The third-order valence-corrected chi connectivity index (χ3v) is 5.40. The molecule has 1 aromatic heterocycles. The summed E-state index contributed by atoms with van der Waals surface area (Å²) in [5, 5.41) is 5.92. The molecule has 0 atom stereocenters. The number of nitrogens with zero attached hydrogens (tertiary/aromatic N) is 2. The maximum absolute atomic E-state index is 12.2. The van der Waals surface area contributed by atoms with Crippen LogP contribution in [0.4, 0.5) is 5.69 Å². The summed E-state index contributed by atoms with van der Waals surface area (Å²) >= 11 is 3.15. The number of aromatic nitrogens is 1. The van der Waals surface area contributed by atoms with Gasteiger partial charge < -0.3 is 10.2 Å². The van der Waals surface area contributed by atoms with Gasteiger partial charge >= 0.3 is 0 Å².